The van der Waals surface area contributed by atoms with E-state index in [4.69, 9.17) is 31.0 Å². The minimum absolute atomic E-state index is 0.0283. The highest BCUT2D eigenvalue weighted by Crippen LogP contribution is 2.37. The molecule has 0 radical (unpaired) electrons. The average molecular weight is 681 g/mol. The Kier molecular flexibility index (Phi) is 10.3. The van der Waals surface area contributed by atoms with Crippen molar-refractivity contribution >= 4 is 39.8 Å². The summed E-state index contributed by atoms with van der Waals surface area (Å²) in [6, 6.07) is 21.6. The third-order valence-corrected chi connectivity index (χ3v) is 10.4. The van der Waals surface area contributed by atoms with Crippen molar-refractivity contribution in [3.8, 4) is 6.01 Å². The molecule has 1 amide bonds. The van der Waals surface area contributed by atoms with Crippen LogP contribution in [0.15, 0.2) is 73.3 Å². The summed E-state index contributed by atoms with van der Waals surface area (Å²) in [5, 5.41) is 2.94. The predicted molar refractivity (Wildman–Crippen MR) is 196 cm³/mol. The van der Waals surface area contributed by atoms with E-state index in [1.165, 1.54) is 17.2 Å². The van der Waals surface area contributed by atoms with Gasteiger partial charge < -0.3 is 24.2 Å². The van der Waals surface area contributed by atoms with Crippen molar-refractivity contribution in [2.45, 2.75) is 45.4 Å². The molecule has 7 rings (SSSR count). The number of anilines is 2. The van der Waals surface area contributed by atoms with Gasteiger partial charge in [0.05, 0.1) is 30.5 Å². The minimum atomic E-state index is -0.0283. The van der Waals surface area contributed by atoms with Gasteiger partial charge in [0, 0.05) is 61.9 Å². The van der Waals surface area contributed by atoms with E-state index in [0.29, 0.717) is 58.6 Å². The van der Waals surface area contributed by atoms with Gasteiger partial charge in [-0.3, -0.25) is 9.69 Å². The number of nitrogens with zero attached hydrogens (tertiary/aromatic N) is 6. The molecule has 3 aliphatic rings. The normalized spacial score (nSPS) is 18.2. The first-order valence-electron chi connectivity index (χ1n) is 17.5. The van der Waals surface area contributed by atoms with Crippen molar-refractivity contribution < 1.29 is 14.3 Å². The van der Waals surface area contributed by atoms with Crippen LogP contribution in [0.1, 0.15) is 35.2 Å². The summed E-state index contributed by atoms with van der Waals surface area (Å²) in [4.78, 5) is 31.4. The molecule has 0 aliphatic carbocycles. The van der Waals surface area contributed by atoms with E-state index in [1.807, 2.05) is 17.0 Å². The molecule has 0 saturated carbocycles. The highest BCUT2D eigenvalue weighted by molar-refractivity contribution is 6.36. The summed E-state index contributed by atoms with van der Waals surface area (Å²) in [5.41, 5.74) is 5.71. The Morgan fingerprint density at radius 2 is 1.82 bits per heavy atom. The molecule has 9 nitrogen and oxygen atoms in total. The zero-order valence-electron chi connectivity index (χ0n) is 28.3. The van der Waals surface area contributed by atoms with Crippen LogP contribution in [0.5, 0.6) is 6.01 Å². The lowest BCUT2D eigenvalue weighted by Gasteiger charge is -2.38. The van der Waals surface area contributed by atoms with Gasteiger partial charge >= 0.3 is 6.01 Å². The fourth-order valence-electron chi connectivity index (χ4n) is 7.45. The van der Waals surface area contributed by atoms with Gasteiger partial charge in [-0.1, -0.05) is 72.3 Å². The molecule has 0 spiro atoms. The smallest absolute Gasteiger partial charge is 0.318 e. The number of aromatic nitrogens is 2. The maximum atomic E-state index is 12.3. The number of amides is 1. The summed E-state index contributed by atoms with van der Waals surface area (Å²) in [7, 11) is 0. The third kappa shape index (κ3) is 7.54. The Morgan fingerprint density at radius 1 is 1.00 bits per heavy atom. The first-order chi connectivity index (χ1) is 24.0. The number of likely N-dealkylation sites (tertiary alicyclic amines) is 1. The lowest BCUT2D eigenvalue weighted by molar-refractivity contribution is -0.126. The first kappa shape index (κ1) is 33.3. The van der Waals surface area contributed by atoms with E-state index >= 15 is 0 Å². The molecule has 3 aliphatic heterocycles. The van der Waals surface area contributed by atoms with Crippen molar-refractivity contribution in [3.63, 3.8) is 0 Å². The standard InChI is InChI=1S/C39H45ClN6O3/c1-3-36(47)44-18-20-45(21-19-44)38-32-15-17-46(35-14-6-11-30-10-5-13-33(40)37(30)35)25-34(32)41-39(42-38)49-27-31-12-7-16-43(31)22-23-48-26-29-9-4-8-28(2)24-29/h3-6,8-11,13-14,24,31H,1,7,12,15-23,25-27H2,2H3. The summed E-state index contributed by atoms with van der Waals surface area (Å²) < 4.78 is 12.5. The van der Waals surface area contributed by atoms with Crippen LogP contribution in [0.3, 0.4) is 0 Å². The number of hydrogen-bond donors (Lipinski definition) is 0. The summed E-state index contributed by atoms with van der Waals surface area (Å²) in [6.07, 6.45) is 4.41. The zero-order chi connectivity index (χ0) is 33.7. The lowest BCUT2D eigenvalue weighted by atomic mass is 10.0. The molecule has 256 valence electrons. The molecule has 4 aromatic rings. The Labute approximate surface area is 294 Å². The minimum Gasteiger partial charge on any atom is -0.462 e. The Hall–Kier alpha value is -4.18. The lowest BCUT2D eigenvalue weighted by Crippen LogP contribution is -2.49. The van der Waals surface area contributed by atoms with Crippen molar-refractivity contribution in [2.24, 2.45) is 0 Å². The van der Waals surface area contributed by atoms with Gasteiger partial charge in [0.25, 0.3) is 0 Å². The van der Waals surface area contributed by atoms with E-state index in [-0.39, 0.29) is 11.9 Å². The number of halogens is 1. The molecule has 1 atom stereocenters. The van der Waals surface area contributed by atoms with E-state index < -0.39 is 0 Å². The number of carbonyl (C=O) groups is 1. The molecule has 3 aromatic carbocycles. The number of benzene rings is 3. The molecule has 10 heteroatoms. The second-order valence-electron chi connectivity index (χ2n) is 13.2. The van der Waals surface area contributed by atoms with Crippen LogP contribution in [0.2, 0.25) is 5.02 Å². The molecule has 2 saturated heterocycles. The predicted octanol–water partition coefficient (Wildman–Crippen LogP) is 6.05. The number of rotatable bonds is 11. The quantitative estimate of drug-likeness (QED) is 0.140. The van der Waals surface area contributed by atoms with Crippen molar-refractivity contribution in [3.05, 3.63) is 101 Å². The van der Waals surface area contributed by atoms with Crippen LogP contribution in [0.25, 0.3) is 10.8 Å². The van der Waals surface area contributed by atoms with Gasteiger partial charge in [0.2, 0.25) is 5.91 Å². The monoisotopic (exact) mass is 680 g/mol. The molecule has 0 bridgehead atoms. The van der Waals surface area contributed by atoms with Crippen LogP contribution >= 0.6 is 11.6 Å². The van der Waals surface area contributed by atoms with Crippen molar-refractivity contribution in [1.29, 1.82) is 0 Å². The molecule has 2 fully saturated rings. The van der Waals surface area contributed by atoms with Crippen LogP contribution in [0, 0.1) is 6.92 Å². The summed E-state index contributed by atoms with van der Waals surface area (Å²) in [6.45, 7) is 13.6. The number of hydrogen-bond acceptors (Lipinski definition) is 8. The maximum absolute atomic E-state index is 12.3. The van der Waals surface area contributed by atoms with E-state index in [2.05, 4.69) is 76.7 Å². The topological polar surface area (TPSA) is 74.3 Å². The van der Waals surface area contributed by atoms with Gasteiger partial charge in [-0.25, -0.2) is 0 Å². The van der Waals surface area contributed by atoms with Gasteiger partial charge in [-0.05, 0) is 61.9 Å². The third-order valence-electron chi connectivity index (χ3n) is 10.0. The number of ether oxygens (including phenoxy) is 2. The molecule has 1 unspecified atom stereocenters. The molecule has 1 aromatic heterocycles. The van der Waals surface area contributed by atoms with Crippen LogP contribution < -0.4 is 14.5 Å². The number of fused-ring (bicyclic) bond motifs is 2. The molecule has 0 N–H and O–H groups in total. The Bertz CT molecular complexity index is 1800. The highest BCUT2D eigenvalue weighted by atomic mass is 35.5. The van der Waals surface area contributed by atoms with Crippen LogP contribution in [-0.4, -0.2) is 90.7 Å². The molecule has 49 heavy (non-hydrogen) atoms. The number of carbonyl (C=O) groups excluding carboxylic acids is 1. The fraction of sp³-hybridized carbons (Fsp3) is 0.410. The zero-order valence-corrected chi connectivity index (χ0v) is 29.1. The largest absolute Gasteiger partial charge is 0.462 e. The molecule has 4 heterocycles. The van der Waals surface area contributed by atoms with E-state index in [0.717, 1.165) is 77.5 Å². The summed E-state index contributed by atoms with van der Waals surface area (Å²) >= 11 is 6.74. The van der Waals surface area contributed by atoms with Crippen molar-refractivity contribution in [1.82, 2.24) is 19.8 Å². The van der Waals surface area contributed by atoms with Crippen LogP contribution in [-0.2, 0) is 29.1 Å². The molecular weight excluding hydrogens is 636 g/mol. The Morgan fingerprint density at radius 3 is 2.63 bits per heavy atom. The maximum Gasteiger partial charge on any atom is 0.318 e. The van der Waals surface area contributed by atoms with Gasteiger partial charge in [0.1, 0.15) is 12.4 Å². The van der Waals surface area contributed by atoms with Gasteiger partial charge in [-0.2, -0.15) is 9.97 Å². The molecular formula is C39H45ClN6O3. The van der Waals surface area contributed by atoms with E-state index in [9.17, 15) is 4.79 Å². The second kappa shape index (κ2) is 15.2. The van der Waals surface area contributed by atoms with E-state index in [1.54, 1.807) is 0 Å². The number of aryl methyl sites for hydroxylation is 1. The van der Waals surface area contributed by atoms with Gasteiger partial charge in [-0.15, -0.1) is 0 Å². The second-order valence-corrected chi connectivity index (χ2v) is 13.6. The summed E-state index contributed by atoms with van der Waals surface area (Å²) in [5.74, 6) is 0.897. The van der Waals surface area contributed by atoms with Gasteiger partial charge in [0.15, 0.2) is 0 Å². The first-order valence-corrected chi connectivity index (χ1v) is 17.8. The number of piperazine rings is 1. The fourth-order valence-corrected chi connectivity index (χ4v) is 7.73. The van der Waals surface area contributed by atoms with Crippen molar-refractivity contribution in [2.75, 3.05) is 68.8 Å². The average Bonchev–Trinajstić information content (AvgIpc) is 3.58. The Balaban J connectivity index is 1.07. The van der Waals surface area contributed by atoms with Crippen LogP contribution in [0.4, 0.5) is 11.5 Å². The highest BCUT2D eigenvalue weighted by Gasteiger charge is 2.30. The SMILES string of the molecule is C=CC(=O)N1CCN(c2nc(OCC3CCCN3CCOCc3cccc(C)c3)nc3c2CCN(c2cccc4cccc(Cl)c24)C3)CC1.